The molecule has 11 heavy (non-hydrogen) atoms. The summed E-state index contributed by atoms with van der Waals surface area (Å²) in [4.78, 5) is 0. The molecule has 0 saturated heterocycles. The second kappa shape index (κ2) is 2.32. The molecule has 62 valence electrons. The Labute approximate surface area is 67.4 Å². The molecule has 3 heteroatoms. The van der Waals surface area contributed by atoms with E-state index in [-0.39, 0.29) is 5.54 Å². The second-order valence-electron chi connectivity index (χ2n) is 3.80. The maximum atomic E-state index is 4.00. The summed E-state index contributed by atoms with van der Waals surface area (Å²) in [6.45, 7) is 10.4. The van der Waals surface area contributed by atoms with E-state index in [0.29, 0.717) is 0 Å². The van der Waals surface area contributed by atoms with Gasteiger partial charge in [0, 0.05) is 5.54 Å². The third kappa shape index (κ3) is 1.42. The van der Waals surface area contributed by atoms with Gasteiger partial charge in [-0.25, -0.2) is 0 Å². The van der Waals surface area contributed by atoms with Crippen molar-refractivity contribution in [3.63, 3.8) is 0 Å². The molecular weight excluding hydrogens is 138 g/mol. The van der Waals surface area contributed by atoms with Crippen LogP contribution < -0.4 is 0 Å². The Hall–Kier alpha value is -0.860. The molecule has 1 heterocycles. The van der Waals surface area contributed by atoms with Crippen LogP contribution in [0.3, 0.4) is 0 Å². The summed E-state index contributed by atoms with van der Waals surface area (Å²) < 4.78 is 2.13. The molecule has 1 aromatic heterocycles. The van der Waals surface area contributed by atoms with Crippen molar-refractivity contribution in [2.24, 2.45) is 0 Å². The van der Waals surface area contributed by atoms with Crippen LogP contribution in [0.5, 0.6) is 0 Å². The number of nitrogens with zero attached hydrogens (tertiary/aromatic N) is 3. The first-order valence-corrected chi connectivity index (χ1v) is 3.82. The Kier molecular flexibility index (Phi) is 1.74. The zero-order chi connectivity index (χ0) is 8.65. The normalized spacial score (nSPS) is 12.1. The number of rotatable bonds is 0. The lowest BCUT2D eigenvalue weighted by atomic mass is 10.1. The fraction of sp³-hybridized carbons (Fsp3) is 0.750. The highest BCUT2D eigenvalue weighted by Crippen LogP contribution is 2.16. The van der Waals surface area contributed by atoms with Crippen LogP contribution in [-0.4, -0.2) is 14.8 Å². The molecular formula is C8H15N3. The van der Waals surface area contributed by atoms with Crippen molar-refractivity contribution < 1.29 is 0 Å². The zero-order valence-electron chi connectivity index (χ0n) is 7.84. The minimum Gasteiger partial charge on any atom is -0.310 e. The van der Waals surface area contributed by atoms with Gasteiger partial charge in [-0.05, 0) is 34.6 Å². The Morgan fingerprint density at radius 1 is 1.00 bits per heavy atom. The lowest BCUT2D eigenvalue weighted by molar-refractivity contribution is 0.379. The summed E-state index contributed by atoms with van der Waals surface area (Å²) in [5.41, 5.74) is 0.0949. The lowest BCUT2D eigenvalue weighted by Crippen LogP contribution is -2.24. The minimum absolute atomic E-state index is 0.0949. The van der Waals surface area contributed by atoms with E-state index in [1.54, 1.807) is 0 Å². The molecule has 0 bridgehead atoms. The van der Waals surface area contributed by atoms with Gasteiger partial charge in [0.25, 0.3) is 0 Å². The van der Waals surface area contributed by atoms with Crippen LogP contribution in [0, 0.1) is 13.8 Å². The van der Waals surface area contributed by atoms with Crippen LogP contribution in [-0.2, 0) is 5.54 Å². The zero-order valence-corrected chi connectivity index (χ0v) is 7.84. The van der Waals surface area contributed by atoms with E-state index in [2.05, 4.69) is 35.5 Å². The van der Waals surface area contributed by atoms with Crippen LogP contribution in [0.15, 0.2) is 0 Å². The Bertz CT molecular complexity index is 235. The van der Waals surface area contributed by atoms with Crippen molar-refractivity contribution in [3.8, 4) is 0 Å². The summed E-state index contributed by atoms with van der Waals surface area (Å²) in [5, 5.41) is 7.99. The third-order valence-corrected chi connectivity index (χ3v) is 1.66. The molecule has 0 spiro atoms. The highest BCUT2D eigenvalue weighted by molar-refractivity contribution is 4.96. The van der Waals surface area contributed by atoms with Crippen LogP contribution >= 0.6 is 0 Å². The average Bonchev–Trinajstić information content (AvgIpc) is 2.08. The van der Waals surface area contributed by atoms with E-state index in [1.165, 1.54) is 0 Å². The topological polar surface area (TPSA) is 30.7 Å². The molecule has 0 aliphatic heterocycles. The maximum absolute atomic E-state index is 4.00. The van der Waals surface area contributed by atoms with Crippen molar-refractivity contribution >= 4 is 0 Å². The molecule has 3 nitrogen and oxygen atoms in total. The molecule has 0 atom stereocenters. The monoisotopic (exact) mass is 153 g/mol. The van der Waals surface area contributed by atoms with E-state index in [9.17, 15) is 0 Å². The van der Waals surface area contributed by atoms with E-state index in [4.69, 9.17) is 0 Å². The Morgan fingerprint density at radius 2 is 1.36 bits per heavy atom. The Morgan fingerprint density at radius 3 is 1.55 bits per heavy atom. The SMILES string of the molecule is Cc1nnc(C)n1C(C)(C)C. The van der Waals surface area contributed by atoms with Gasteiger partial charge in [-0.3, -0.25) is 0 Å². The highest BCUT2D eigenvalue weighted by atomic mass is 15.3. The molecule has 0 N–H and O–H groups in total. The smallest absolute Gasteiger partial charge is 0.130 e. The summed E-state index contributed by atoms with van der Waals surface area (Å²) in [6.07, 6.45) is 0. The van der Waals surface area contributed by atoms with E-state index < -0.39 is 0 Å². The summed E-state index contributed by atoms with van der Waals surface area (Å²) in [6, 6.07) is 0. The lowest BCUT2D eigenvalue weighted by Gasteiger charge is -2.22. The summed E-state index contributed by atoms with van der Waals surface area (Å²) >= 11 is 0. The van der Waals surface area contributed by atoms with Crippen LogP contribution in [0.1, 0.15) is 32.4 Å². The molecule has 0 aliphatic rings. The first-order chi connectivity index (χ1) is 4.93. The van der Waals surface area contributed by atoms with Crippen molar-refractivity contribution in [3.05, 3.63) is 11.6 Å². The van der Waals surface area contributed by atoms with Crippen LogP contribution in [0.25, 0.3) is 0 Å². The predicted molar refractivity (Wildman–Crippen MR) is 44.5 cm³/mol. The van der Waals surface area contributed by atoms with Gasteiger partial charge in [-0.15, -0.1) is 10.2 Å². The number of hydrogen-bond donors (Lipinski definition) is 0. The first kappa shape index (κ1) is 8.24. The average molecular weight is 153 g/mol. The van der Waals surface area contributed by atoms with Gasteiger partial charge in [0.05, 0.1) is 0 Å². The standard InChI is InChI=1S/C8H15N3/c1-6-9-10-7(2)11(6)8(3,4)5/h1-5H3. The van der Waals surface area contributed by atoms with Gasteiger partial charge in [0.15, 0.2) is 0 Å². The largest absolute Gasteiger partial charge is 0.310 e. The van der Waals surface area contributed by atoms with E-state index in [0.717, 1.165) is 11.6 Å². The molecule has 1 aromatic rings. The molecule has 0 saturated carbocycles. The molecule has 0 amide bonds. The summed E-state index contributed by atoms with van der Waals surface area (Å²) in [5.74, 6) is 1.96. The van der Waals surface area contributed by atoms with E-state index >= 15 is 0 Å². The van der Waals surface area contributed by atoms with Crippen molar-refractivity contribution in [1.29, 1.82) is 0 Å². The van der Waals surface area contributed by atoms with E-state index in [1.807, 2.05) is 13.8 Å². The minimum atomic E-state index is 0.0949. The van der Waals surface area contributed by atoms with Gasteiger partial charge in [-0.1, -0.05) is 0 Å². The molecule has 0 aromatic carbocycles. The molecule has 0 unspecified atom stereocenters. The highest BCUT2D eigenvalue weighted by Gasteiger charge is 2.17. The van der Waals surface area contributed by atoms with Gasteiger partial charge in [-0.2, -0.15) is 0 Å². The molecule has 1 rings (SSSR count). The molecule has 0 aliphatic carbocycles. The quantitative estimate of drug-likeness (QED) is 0.567. The molecule has 0 fully saturated rings. The fourth-order valence-corrected chi connectivity index (χ4v) is 1.44. The van der Waals surface area contributed by atoms with Gasteiger partial charge < -0.3 is 4.57 Å². The van der Waals surface area contributed by atoms with Crippen molar-refractivity contribution in [1.82, 2.24) is 14.8 Å². The third-order valence-electron chi connectivity index (χ3n) is 1.66. The van der Waals surface area contributed by atoms with Crippen LogP contribution in [0.4, 0.5) is 0 Å². The van der Waals surface area contributed by atoms with Crippen molar-refractivity contribution in [2.45, 2.75) is 40.2 Å². The number of aromatic nitrogens is 3. The Balaban J connectivity index is 3.21. The van der Waals surface area contributed by atoms with Crippen molar-refractivity contribution in [2.75, 3.05) is 0 Å². The maximum Gasteiger partial charge on any atom is 0.130 e. The number of aryl methyl sites for hydroxylation is 2. The van der Waals surface area contributed by atoms with Gasteiger partial charge >= 0.3 is 0 Å². The van der Waals surface area contributed by atoms with Gasteiger partial charge in [0.1, 0.15) is 11.6 Å². The first-order valence-electron chi connectivity index (χ1n) is 3.82. The second-order valence-corrected chi connectivity index (χ2v) is 3.80. The van der Waals surface area contributed by atoms with Crippen LogP contribution in [0.2, 0.25) is 0 Å². The fourth-order valence-electron chi connectivity index (χ4n) is 1.44. The molecule has 0 radical (unpaired) electrons. The van der Waals surface area contributed by atoms with Gasteiger partial charge in [0.2, 0.25) is 0 Å². The predicted octanol–water partition coefficient (Wildman–Crippen LogP) is 1.65. The number of hydrogen-bond acceptors (Lipinski definition) is 2. The summed E-state index contributed by atoms with van der Waals surface area (Å²) in [7, 11) is 0.